The molecule has 0 atom stereocenters. The Morgan fingerprint density at radius 1 is 1.17 bits per heavy atom. The molecule has 6 nitrogen and oxygen atoms in total. The molecular formula is C17H20N2O4. The molecule has 1 aromatic carbocycles. The number of ether oxygens (including phenoxy) is 2. The first-order chi connectivity index (χ1) is 10.9. The number of ketones is 1. The maximum Gasteiger partial charge on any atom is 0.409 e. The van der Waals surface area contributed by atoms with Crippen molar-refractivity contribution in [1.29, 1.82) is 0 Å². The van der Waals surface area contributed by atoms with Gasteiger partial charge in [-0.3, -0.25) is 9.78 Å². The molecule has 1 heterocycles. The van der Waals surface area contributed by atoms with Gasteiger partial charge >= 0.3 is 6.09 Å². The van der Waals surface area contributed by atoms with Crippen molar-refractivity contribution in [2.75, 3.05) is 27.3 Å². The van der Waals surface area contributed by atoms with Gasteiger partial charge in [0.2, 0.25) is 0 Å². The van der Waals surface area contributed by atoms with Gasteiger partial charge in [-0.2, -0.15) is 0 Å². The molecule has 0 radical (unpaired) electrons. The number of Topliss-reactive ketones (excluding diaryl/α,β-unsaturated/α-hetero) is 1. The van der Waals surface area contributed by atoms with Crippen LogP contribution in [0.2, 0.25) is 0 Å². The Morgan fingerprint density at radius 3 is 2.57 bits per heavy atom. The van der Waals surface area contributed by atoms with Gasteiger partial charge in [0.05, 0.1) is 0 Å². The van der Waals surface area contributed by atoms with Crippen LogP contribution in [-0.4, -0.2) is 49.1 Å². The summed E-state index contributed by atoms with van der Waals surface area (Å²) in [5.41, 5.74) is 1.47. The van der Waals surface area contributed by atoms with Gasteiger partial charge in [-0.15, -0.1) is 0 Å². The quantitative estimate of drug-likeness (QED) is 0.627. The molecule has 2 aromatic rings. The zero-order chi connectivity index (χ0) is 17.0. The van der Waals surface area contributed by atoms with E-state index < -0.39 is 6.09 Å². The highest BCUT2D eigenvalue weighted by Crippen LogP contribution is 2.29. The Bertz CT molecular complexity index is 741. The summed E-state index contributed by atoms with van der Waals surface area (Å²) in [4.78, 5) is 28.7. The Labute approximate surface area is 135 Å². The predicted octanol–water partition coefficient (Wildman–Crippen LogP) is 2.82. The lowest BCUT2D eigenvalue weighted by Gasteiger charge is -2.13. The summed E-state index contributed by atoms with van der Waals surface area (Å²) in [6, 6.07) is 5.35. The molecule has 0 saturated heterocycles. The largest absolute Gasteiger partial charge is 0.489 e. The lowest BCUT2D eigenvalue weighted by atomic mass is 10.0. The highest BCUT2D eigenvalue weighted by molar-refractivity contribution is 6.08. The number of rotatable bonds is 5. The molecule has 0 aliphatic rings. The molecule has 122 valence electrons. The fraction of sp³-hybridized carbons (Fsp3) is 0.353. The molecule has 0 fully saturated rings. The summed E-state index contributed by atoms with van der Waals surface area (Å²) >= 11 is 0. The lowest BCUT2D eigenvalue weighted by molar-refractivity contribution is 0.101. The second-order valence-electron chi connectivity index (χ2n) is 5.40. The summed E-state index contributed by atoms with van der Waals surface area (Å²) in [6.45, 7) is 3.78. The monoisotopic (exact) mass is 316 g/mol. The summed E-state index contributed by atoms with van der Waals surface area (Å²) < 4.78 is 10.7. The zero-order valence-electron chi connectivity index (χ0n) is 13.8. The van der Waals surface area contributed by atoms with Crippen molar-refractivity contribution < 1.29 is 19.1 Å². The molecule has 1 aromatic heterocycles. The Balaban J connectivity index is 2.17. The molecule has 0 bridgehead atoms. The standard InChI is InChI=1S/C17H20N2O4/c1-11-9-14-13(12(2)20)5-6-16(15(14)10-18-11)22-7-8-23-17(21)19(3)4/h5-6,9-10H,7-8H2,1-4H3. The minimum Gasteiger partial charge on any atom is -0.489 e. The fourth-order valence-corrected chi connectivity index (χ4v) is 2.16. The van der Waals surface area contributed by atoms with Gasteiger partial charge in [0.15, 0.2) is 5.78 Å². The van der Waals surface area contributed by atoms with Crippen molar-refractivity contribution in [1.82, 2.24) is 9.88 Å². The Kier molecular flexibility index (Phi) is 5.16. The van der Waals surface area contributed by atoms with Crippen LogP contribution in [0.3, 0.4) is 0 Å². The van der Waals surface area contributed by atoms with Crippen LogP contribution in [0.25, 0.3) is 10.8 Å². The molecule has 0 saturated carbocycles. The predicted molar refractivity (Wildman–Crippen MR) is 87.0 cm³/mol. The van der Waals surface area contributed by atoms with E-state index in [1.807, 2.05) is 13.0 Å². The normalized spacial score (nSPS) is 10.4. The first kappa shape index (κ1) is 16.7. The van der Waals surface area contributed by atoms with Crippen molar-refractivity contribution in [3.8, 4) is 5.75 Å². The van der Waals surface area contributed by atoms with Crippen molar-refractivity contribution in [2.24, 2.45) is 0 Å². The van der Waals surface area contributed by atoms with Crippen LogP contribution in [0.5, 0.6) is 5.75 Å². The number of hydrogen-bond acceptors (Lipinski definition) is 5. The molecule has 1 amide bonds. The molecule has 6 heteroatoms. The Hall–Kier alpha value is -2.63. The van der Waals surface area contributed by atoms with Crippen molar-refractivity contribution in [3.63, 3.8) is 0 Å². The number of benzene rings is 1. The van der Waals surface area contributed by atoms with Crippen molar-refractivity contribution >= 4 is 22.6 Å². The molecule has 0 spiro atoms. The smallest absolute Gasteiger partial charge is 0.409 e. The van der Waals surface area contributed by atoms with Crippen molar-refractivity contribution in [2.45, 2.75) is 13.8 Å². The average Bonchev–Trinajstić information content (AvgIpc) is 2.50. The van der Waals surface area contributed by atoms with Gasteiger partial charge in [-0.1, -0.05) is 0 Å². The average molecular weight is 316 g/mol. The highest BCUT2D eigenvalue weighted by Gasteiger charge is 2.11. The van der Waals surface area contributed by atoms with E-state index in [0.717, 1.165) is 16.5 Å². The summed E-state index contributed by atoms with van der Waals surface area (Å²) in [7, 11) is 3.23. The van der Waals surface area contributed by atoms with E-state index in [2.05, 4.69) is 4.98 Å². The second kappa shape index (κ2) is 7.09. The topological polar surface area (TPSA) is 68.7 Å². The summed E-state index contributed by atoms with van der Waals surface area (Å²) in [5.74, 6) is 0.602. The van der Waals surface area contributed by atoms with E-state index in [4.69, 9.17) is 9.47 Å². The van der Waals surface area contributed by atoms with Gasteiger partial charge in [-0.25, -0.2) is 4.79 Å². The van der Waals surface area contributed by atoms with E-state index in [1.54, 1.807) is 32.4 Å². The molecule has 0 unspecified atom stereocenters. The minimum absolute atomic E-state index is 0.00735. The van der Waals surface area contributed by atoms with Crippen molar-refractivity contribution in [3.05, 3.63) is 35.7 Å². The van der Waals surface area contributed by atoms with E-state index in [1.165, 1.54) is 11.8 Å². The SMILES string of the molecule is CC(=O)c1ccc(OCCOC(=O)N(C)C)c2cnc(C)cc12. The highest BCUT2D eigenvalue weighted by atomic mass is 16.6. The number of carbonyl (C=O) groups excluding carboxylic acids is 2. The maximum absolute atomic E-state index is 11.8. The first-order valence-corrected chi connectivity index (χ1v) is 7.27. The molecular weight excluding hydrogens is 296 g/mol. The number of pyridine rings is 1. The summed E-state index contributed by atoms with van der Waals surface area (Å²) in [5, 5.41) is 1.58. The third-order valence-corrected chi connectivity index (χ3v) is 3.31. The number of amides is 1. The molecule has 0 N–H and O–H groups in total. The number of aromatic nitrogens is 1. The van der Waals surface area contributed by atoms with Gasteiger partial charge in [0.25, 0.3) is 0 Å². The van der Waals surface area contributed by atoms with Gasteiger partial charge < -0.3 is 14.4 Å². The van der Waals surface area contributed by atoms with Crippen LogP contribution in [0, 0.1) is 6.92 Å². The number of fused-ring (bicyclic) bond motifs is 1. The minimum atomic E-state index is -0.414. The Morgan fingerprint density at radius 2 is 1.91 bits per heavy atom. The number of aryl methyl sites for hydroxylation is 1. The van der Waals surface area contributed by atoms with E-state index in [9.17, 15) is 9.59 Å². The van der Waals surface area contributed by atoms with E-state index in [-0.39, 0.29) is 19.0 Å². The fourth-order valence-electron chi connectivity index (χ4n) is 2.16. The van der Waals surface area contributed by atoms with Gasteiger partial charge in [-0.05, 0) is 37.4 Å². The zero-order valence-corrected chi connectivity index (χ0v) is 13.8. The van der Waals surface area contributed by atoms with Crippen LogP contribution in [-0.2, 0) is 4.74 Å². The number of nitrogens with zero attached hydrogens (tertiary/aromatic N) is 2. The van der Waals surface area contributed by atoms with Gasteiger partial charge in [0, 0.05) is 36.9 Å². The van der Waals surface area contributed by atoms with E-state index in [0.29, 0.717) is 11.3 Å². The molecule has 2 rings (SSSR count). The van der Waals surface area contributed by atoms with Crippen LogP contribution in [0.15, 0.2) is 24.4 Å². The molecule has 0 aliphatic carbocycles. The second-order valence-corrected chi connectivity index (χ2v) is 5.40. The van der Waals surface area contributed by atoms with Crippen LogP contribution < -0.4 is 4.74 Å². The number of hydrogen-bond donors (Lipinski definition) is 0. The van der Waals surface area contributed by atoms with Gasteiger partial charge in [0.1, 0.15) is 19.0 Å². The maximum atomic E-state index is 11.8. The van der Waals surface area contributed by atoms with Crippen LogP contribution in [0.1, 0.15) is 23.0 Å². The van der Waals surface area contributed by atoms with Crippen LogP contribution >= 0.6 is 0 Å². The molecule has 0 aliphatic heterocycles. The van der Waals surface area contributed by atoms with E-state index >= 15 is 0 Å². The van der Waals surface area contributed by atoms with Crippen LogP contribution in [0.4, 0.5) is 4.79 Å². The third kappa shape index (κ3) is 3.97. The number of carbonyl (C=O) groups is 2. The first-order valence-electron chi connectivity index (χ1n) is 7.27. The summed E-state index contributed by atoms with van der Waals surface area (Å²) in [6.07, 6.45) is 1.28. The lowest BCUT2D eigenvalue weighted by Crippen LogP contribution is -2.24. The third-order valence-electron chi connectivity index (χ3n) is 3.31. The molecule has 23 heavy (non-hydrogen) atoms.